The topological polar surface area (TPSA) is 68.5 Å². The lowest BCUT2D eigenvalue weighted by atomic mass is 10.3. The van der Waals surface area contributed by atoms with Crippen LogP contribution in [0.1, 0.15) is 12.0 Å². The van der Waals surface area contributed by atoms with E-state index in [1.54, 1.807) is 11.1 Å². The van der Waals surface area contributed by atoms with Crippen LogP contribution in [0.2, 0.25) is 0 Å². The third kappa shape index (κ3) is 2.94. The minimum atomic E-state index is -0.0204. The third-order valence-corrected chi connectivity index (χ3v) is 2.84. The Labute approximate surface area is 101 Å². The van der Waals surface area contributed by atoms with Gasteiger partial charge in [-0.2, -0.15) is 0 Å². The highest BCUT2D eigenvalue weighted by Crippen LogP contribution is 2.16. The highest BCUT2D eigenvalue weighted by Gasteiger charge is 2.26. The average Bonchev–Trinajstić information content (AvgIpc) is 2.80. The number of hydrogen-bond acceptors (Lipinski definition) is 4. The molecule has 0 radical (unpaired) electrons. The van der Waals surface area contributed by atoms with Crippen molar-refractivity contribution in [2.75, 3.05) is 19.6 Å². The Hall–Kier alpha value is -1.62. The van der Waals surface area contributed by atoms with E-state index in [1.807, 2.05) is 19.1 Å². The first-order valence-electron chi connectivity index (χ1n) is 5.76. The molecule has 5 nitrogen and oxygen atoms in total. The number of carbonyl (C=O) groups is 1. The molecule has 17 heavy (non-hydrogen) atoms. The Kier molecular flexibility index (Phi) is 3.58. The molecular weight excluding hydrogens is 218 g/mol. The van der Waals surface area contributed by atoms with Crippen molar-refractivity contribution >= 4 is 5.91 Å². The number of likely N-dealkylation sites (tertiary alicyclic amines) is 1. The van der Waals surface area contributed by atoms with E-state index in [9.17, 15) is 4.79 Å². The van der Waals surface area contributed by atoms with Gasteiger partial charge in [-0.1, -0.05) is 6.07 Å². The molecule has 0 aromatic carbocycles. The van der Waals surface area contributed by atoms with E-state index >= 15 is 0 Å². The second-order valence-corrected chi connectivity index (χ2v) is 4.25. The van der Waals surface area contributed by atoms with Gasteiger partial charge in [0.05, 0.1) is 13.1 Å². The molecule has 1 saturated heterocycles. The number of amides is 1. The molecule has 0 saturated carbocycles. The monoisotopic (exact) mass is 235 g/mol. The molecule has 0 spiro atoms. The minimum Gasteiger partial charge on any atom is -0.472 e. The molecule has 2 rings (SSSR count). The Bertz CT molecular complexity index is 391. The average molecular weight is 235 g/mol. The Morgan fingerprint density at radius 1 is 1.65 bits per heavy atom. The van der Waals surface area contributed by atoms with Crippen LogP contribution in [0.25, 0.3) is 0 Å². The van der Waals surface area contributed by atoms with Crippen molar-refractivity contribution in [3.8, 4) is 5.88 Å². The van der Waals surface area contributed by atoms with Crippen LogP contribution in [0.5, 0.6) is 5.88 Å². The maximum atomic E-state index is 11.4. The maximum Gasteiger partial charge on any atom is 0.236 e. The van der Waals surface area contributed by atoms with E-state index < -0.39 is 0 Å². The van der Waals surface area contributed by atoms with Gasteiger partial charge in [-0.25, -0.2) is 4.98 Å². The number of pyridine rings is 1. The van der Waals surface area contributed by atoms with E-state index in [0.717, 1.165) is 12.0 Å². The normalized spacial score (nSPS) is 19.4. The van der Waals surface area contributed by atoms with Gasteiger partial charge in [-0.3, -0.25) is 4.79 Å². The molecule has 5 heteroatoms. The summed E-state index contributed by atoms with van der Waals surface area (Å²) >= 11 is 0. The summed E-state index contributed by atoms with van der Waals surface area (Å²) in [6, 6.07) is 3.81. The first kappa shape index (κ1) is 11.9. The van der Waals surface area contributed by atoms with Gasteiger partial charge >= 0.3 is 0 Å². The molecule has 92 valence electrons. The van der Waals surface area contributed by atoms with Crippen molar-refractivity contribution in [3.05, 3.63) is 23.9 Å². The van der Waals surface area contributed by atoms with Gasteiger partial charge in [0, 0.05) is 25.2 Å². The molecule has 1 aromatic heterocycles. The zero-order valence-electron chi connectivity index (χ0n) is 9.93. The molecule has 2 N–H and O–H groups in total. The van der Waals surface area contributed by atoms with E-state index in [4.69, 9.17) is 10.5 Å². The van der Waals surface area contributed by atoms with Gasteiger partial charge in [-0.15, -0.1) is 0 Å². The van der Waals surface area contributed by atoms with E-state index in [1.165, 1.54) is 0 Å². The van der Waals surface area contributed by atoms with Crippen LogP contribution in [0.4, 0.5) is 0 Å². The Morgan fingerprint density at radius 3 is 3.12 bits per heavy atom. The summed E-state index contributed by atoms with van der Waals surface area (Å²) in [5.74, 6) is 0.593. The second-order valence-electron chi connectivity index (χ2n) is 4.25. The molecule has 0 bridgehead atoms. The van der Waals surface area contributed by atoms with Crippen molar-refractivity contribution in [2.45, 2.75) is 19.4 Å². The van der Waals surface area contributed by atoms with Crippen LogP contribution < -0.4 is 10.5 Å². The lowest BCUT2D eigenvalue weighted by Crippen LogP contribution is -2.35. The first-order valence-corrected chi connectivity index (χ1v) is 5.76. The van der Waals surface area contributed by atoms with Crippen LogP contribution in [-0.2, 0) is 4.79 Å². The molecule has 1 unspecified atom stereocenters. The standard InChI is InChI=1S/C12H17N3O2/c1-9-2-3-11(14-7-9)17-10-4-5-15(8-10)12(16)6-13/h2-3,7,10H,4-6,8,13H2,1H3. The quantitative estimate of drug-likeness (QED) is 0.819. The highest BCUT2D eigenvalue weighted by molar-refractivity contribution is 5.78. The maximum absolute atomic E-state index is 11.4. The number of nitrogens with zero attached hydrogens (tertiary/aromatic N) is 2. The molecule has 1 aromatic rings. The van der Waals surface area contributed by atoms with Crippen LogP contribution in [-0.4, -0.2) is 41.5 Å². The number of aromatic nitrogens is 1. The highest BCUT2D eigenvalue weighted by atomic mass is 16.5. The zero-order valence-corrected chi connectivity index (χ0v) is 9.93. The summed E-state index contributed by atoms with van der Waals surface area (Å²) in [5, 5.41) is 0. The van der Waals surface area contributed by atoms with Crippen molar-refractivity contribution in [1.82, 2.24) is 9.88 Å². The number of nitrogens with two attached hydrogens (primary N) is 1. The Morgan fingerprint density at radius 2 is 2.47 bits per heavy atom. The fourth-order valence-electron chi connectivity index (χ4n) is 1.87. The van der Waals surface area contributed by atoms with Gasteiger partial charge in [-0.05, 0) is 12.5 Å². The van der Waals surface area contributed by atoms with Gasteiger partial charge < -0.3 is 15.4 Å². The van der Waals surface area contributed by atoms with Gasteiger partial charge in [0.15, 0.2) is 0 Å². The molecule has 1 aliphatic rings. The van der Waals surface area contributed by atoms with Crippen molar-refractivity contribution in [3.63, 3.8) is 0 Å². The molecule has 1 amide bonds. The predicted octanol–water partition coefficient (Wildman–Crippen LogP) is 0.328. The van der Waals surface area contributed by atoms with E-state index in [0.29, 0.717) is 19.0 Å². The zero-order chi connectivity index (χ0) is 12.3. The molecular formula is C12H17N3O2. The summed E-state index contributed by atoms with van der Waals surface area (Å²) in [6.45, 7) is 3.36. The number of aryl methyl sites for hydroxylation is 1. The van der Waals surface area contributed by atoms with Crippen LogP contribution in [0.15, 0.2) is 18.3 Å². The lowest BCUT2D eigenvalue weighted by molar-refractivity contribution is -0.128. The van der Waals surface area contributed by atoms with E-state index in [2.05, 4.69) is 4.98 Å². The van der Waals surface area contributed by atoms with Crippen molar-refractivity contribution in [2.24, 2.45) is 5.73 Å². The lowest BCUT2D eigenvalue weighted by Gasteiger charge is -2.15. The number of hydrogen-bond donors (Lipinski definition) is 1. The van der Waals surface area contributed by atoms with Crippen molar-refractivity contribution < 1.29 is 9.53 Å². The van der Waals surface area contributed by atoms with E-state index in [-0.39, 0.29) is 18.6 Å². The Balaban J connectivity index is 1.89. The summed E-state index contributed by atoms with van der Waals surface area (Å²) in [4.78, 5) is 17.3. The largest absolute Gasteiger partial charge is 0.472 e. The molecule has 1 atom stereocenters. The first-order chi connectivity index (χ1) is 8.19. The van der Waals surface area contributed by atoms with Crippen molar-refractivity contribution in [1.29, 1.82) is 0 Å². The summed E-state index contributed by atoms with van der Waals surface area (Å²) < 4.78 is 5.71. The number of carbonyl (C=O) groups excluding carboxylic acids is 1. The second kappa shape index (κ2) is 5.14. The summed E-state index contributed by atoms with van der Waals surface area (Å²) in [5.41, 5.74) is 6.42. The SMILES string of the molecule is Cc1ccc(OC2CCN(C(=O)CN)C2)nc1. The summed E-state index contributed by atoms with van der Waals surface area (Å²) in [6.07, 6.45) is 2.63. The molecule has 2 heterocycles. The van der Waals surface area contributed by atoms with Gasteiger partial charge in [0.2, 0.25) is 11.8 Å². The number of ether oxygens (including phenoxy) is 1. The minimum absolute atomic E-state index is 0.0204. The summed E-state index contributed by atoms with van der Waals surface area (Å²) in [7, 11) is 0. The van der Waals surface area contributed by atoms with Gasteiger partial charge in [0.25, 0.3) is 0 Å². The smallest absolute Gasteiger partial charge is 0.236 e. The molecule has 1 aliphatic heterocycles. The molecule has 0 aliphatic carbocycles. The van der Waals surface area contributed by atoms with Crippen LogP contribution in [0.3, 0.4) is 0 Å². The number of rotatable bonds is 3. The fourth-order valence-corrected chi connectivity index (χ4v) is 1.87. The fraction of sp³-hybridized carbons (Fsp3) is 0.500. The van der Waals surface area contributed by atoms with Gasteiger partial charge in [0.1, 0.15) is 6.10 Å². The van der Waals surface area contributed by atoms with Crippen LogP contribution >= 0.6 is 0 Å². The molecule has 1 fully saturated rings. The predicted molar refractivity (Wildman–Crippen MR) is 63.6 cm³/mol. The third-order valence-electron chi connectivity index (χ3n) is 2.84. The van der Waals surface area contributed by atoms with Crippen LogP contribution in [0, 0.1) is 6.92 Å².